The van der Waals surface area contributed by atoms with E-state index in [9.17, 15) is 23.1 Å². The molecule has 0 radical (unpaired) electrons. The number of fused-ring (bicyclic) bond motifs is 3. The van der Waals surface area contributed by atoms with Crippen LogP contribution in [-0.2, 0) is 0 Å². The number of thiazole rings is 1. The summed E-state index contributed by atoms with van der Waals surface area (Å²) in [6, 6.07) is 2.90. The predicted molar refractivity (Wildman–Crippen MR) is 106 cm³/mol. The summed E-state index contributed by atoms with van der Waals surface area (Å²) in [5.74, 6) is 0.0191. The zero-order valence-corrected chi connectivity index (χ0v) is 16.8. The molecule has 3 aromatic rings. The summed E-state index contributed by atoms with van der Waals surface area (Å²) in [5.41, 5.74) is 1.25. The van der Waals surface area contributed by atoms with Gasteiger partial charge in [0.1, 0.15) is 16.3 Å². The number of aromatic nitrogens is 2. The largest absolute Gasteiger partial charge is 0.484 e. The lowest BCUT2D eigenvalue weighted by Gasteiger charge is -2.38. The number of nitrogens with zero attached hydrogens (tertiary/aromatic N) is 4. The smallest absolute Gasteiger partial charge is 0.422 e. The molecule has 2 unspecified atom stereocenters. The first-order valence-electron chi connectivity index (χ1n) is 9.59. The molecule has 2 atom stereocenters. The second-order valence-corrected chi connectivity index (χ2v) is 8.43. The second-order valence-electron chi connectivity index (χ2n) is 7.54. The fourth-order valence-electron chi connectivity index (χ4n) is 4.27. The third-order valence-corrected chi connectivity index (χ3v) is 6.30. The van der Waals surface area contributed by atoms with Crippen molar-refractivity contribution >= 4 is 34.5 Å². The van der Waals surface area contributed by atoms with Crippen LogP contribution in [0.15, 0.2) is 28.1 Å². The van der Waals surface area contributed by atoms with Crippen LogP contribution in [0.1, 0.15) is 12.8 Å². The zero-order valence-electron chi connectivity index (χ0n) is 16.0. The number of alkyl halides is 3. The molecular formula is C19H17F3N4O4S. The lowest BCUT2D eigenvalue weighted by atomic mass is 10.2. The SMILES string of the molecule is O=C(O)N1C2CCC1CN(c1nc3cc(OCC(F)(F)F)cc(-c4nccs4)c3o1)C2. The number of benzene rings is 1. The molecule has 2 aliphatic rings. The number of hydrogen-bond acceptors (Lipinski definition) is 7. The minimum atomic E-state index is -4.46. The fraction of sp³-hybridized carbons (Fsp3) is 0.421. The molecule has 1 amide bonds. The van der Waals surface area contributed by atoms with Crippen molar-refractivity contribution in [3.63, 3.8) is 0 Å². The van der Waals surface area contributed by atoms with E-state index >= 15 is 0 Å². The molecule has 12 heteroatoms. The molecule has 0 spiro atoms. The highest BCUT2D eigenvalue weighted by Crippen LogP contribution is 2.38. The van der Waals surface area contributed by atoms with E-state index in [4.69, 9.17) is 9.15 Å². The van der Waals surface area contributed by atoms with Crippen LogP contribution in [-0.4, -0.2) is 64.0 Å². The van der Waals surface area contributed by atoms with E-state index in [1.807, 2.05) is 4.90 Å². The maximum atomic E-state index is 12.6. The molecule has 2 aromatic heterocycles. The van der Waals surface area contributed by atoms with Gasteiger partial charge >= 0.3 is 12.3 Å². The highest BCUT2D eigenvalue weighted by atomic mass is 32.1. The van der Waals surface area contributed by atoms with Gasteiger partial charge in [0.2, 0.25) is 0 Å². The van der Waals surface area contributed by atoms with Gasteiger partial charge in [-0.15, -0.1) is 11.3 Å². The van der Waals surface area contributed by atoms with Crippen LogP contribution in [0.25, 0.3) is 21.7 Å². The van der Waals surface area contributed by atoms with Crippen molar-refractivity contribution in [3.05, 3.63) is 23.7 Å². The van der Waals surface area contributed by atoms with Gasteiger partial charge in [-0.3, -0.25) is 4.90 Å². The Kier molecular flexibility index (Phi) is 4.68. The van der Waals surface area contributed by atoms with E-state index in [0.717, 1.165) is 12.8 Å². The Morgan fingerprint density at radius 2 is 2.03 bits per heavy atom. The average Bonchev–Trinajstić information content (AvgIpc) is 3.43. The molecule has 0 aliphatic carbocycles. The maximum Gasteiger partial charge on any atom is 0.422 e. The van der Waals surface area contributed by atoms with E-state index in [-0.39, 0.29) is 17.8 Å². The topological polar surface area (TPSA) is 91.9 Å². The molecule has 0 saturated carbocycles. The third-order valence-electron chi connectivity index (χ3n) is 5.49. The van der Waals surface area contributed by atoms with Crippen molar-refractivity contribution in [1.82, 2.24) is 14.9 Å². The zero-order chi connectivity index (χ0) is 21.8. The first kappa shape index (κ1) is 19.9. The van der Waals surface area contributed by atoms with Crippen molar-refractivity contribution in [2.75, 3.05) is 24.6 Å². The molecular weight excluding hydrogens is 437 g/mol. The van der Waals surface area contributed by atoms with Crippen molar-refractivity contribution in [2.45, 2.75) is 31.1 Å². The van der Waals surface area contributed by atoms with Gasteiger partial charge in [0.25, 0.3) is 6.01 Å². The second kappa shape index (κ2) is 7.29. The van der Waals surface area contributed by atoms with Gasteiger partial charge in [0.05, 0.1) is 17.6 Å². The number of rotatable bonds is 4. The number of halogens is 3. The summed E-state index contributed by atoms with van der Waals surface area (Å²) in [4.78, 5) is 23.6. The molecule has 5 rings (SSSR count). The van der Waals surface area contributed by atoms with Crippen LogP contribution in [0, 0.1) is 0 Å². The van der Waals surface area contributed by atoms with Gasteiger partial charge in [0.15, 0.2) is 12.2 Å². The Bertz CT molecular complexity index is 1100. The Morgan fingerprint density at radius 1 is 1.29 bits per heavy atom. The van der Waals surface area contributed by atoms with E-state index < -0.39 is 18.9 Å². The molecule has 2 saturated heterocycles. The minimum Gasteiger partial charge on any atom is -0.484 e. The van der Waals surface area contributed by atoms with Crippen molar-refractivity contribution in [2.24, 2.45) is 0 Å². The van der Waals surface area contributed by atoms with Gasteiger partial charge in [-0.2, -0.15) is 18.2 Å². The Hall–Kier alpha value is -3.02. The summed E-state index contributed by atoms with van der Waals surface area (Å²) in [6.07, 6.45) is -2.26. The molecule has 2 bridgehead atoms. The number of amides is 1. The van der Waals surface area contributed by atoms with Gasteiger partial charge < -0.3 is 19.2 Å². The first-order valence-corrected chi connectivity index (χ1v) is 10.5. The monoisotopic (exact) mass is 454 g/mol. The quantitative estimate of drug-likeness (QED) is 0.631. The standard InChI is InChI=1S/C19H17F3N4O4S/c20-19(21,22)9-29-12-5-13(16-23-3-4-31-16)15-14(6-12)24-17(30-15)25-7-10-1-2-11(8-25)26(10)18(27)28/h3-6,10-11H,1-2,7-9H2,(H,27,28). The predicted octanol–water partition coefficient (Wildman–Crippen LogP) is 4.22. The molecule has 8 nitrogen and oxygen atoms in total. The van der Waals surface area contributed by atoms with Crippen LogP contribution in [0.5, 0.6) is 5.75 Å². The molecule has 164 valence electrons. The maximum absolute atomic E-state index is 12.6. The minimum absolute atomic E-state index is 0.0191. The van der Waals surface area contributed by atoms with Crippen LogP contribution in [0.2, 0.25) is 0 Å². The molecule has 2 aliphatic heterocycles. The molecule has 31 heavy (non-hydrogen) atoms. The number of anilines is 1. The number of ether oxygens (including phenoxy) is 1. The molecule has 1 N–H and O–H groups in total. The van der Waals surface area contributed by atoms with Crippen molar-refractivity contribution in [1.29, 1.82) is 0 Å². The van der Waals surface area contributed by atoms with E-state index in [2.05, 4.69) is 9.97 Å². The van der Waals surface area contributed by atoms with Gasteiger partial charge in [-0.25, -0.2) is 9.78 Å². The van der Waals surface area contributed by atoms with Crippen molar-refractivity contribution in [3.8, 4) is 16.3 Å². The van der Waals surface area contributed by atoms with Crippen LogP contribution >= 0.6 is 11.3 Å². The Labute approximate surface area is 177 Å². The van der Waals surface area contributed by atoms with E-state index in [0.29, 0.717) is 40.8 Å². The number of carbonyl (C=O) groups is 1. The van der Waals surface area contributed by atoms with Gasteiger partial charge in [0, 0.05) is 30.7 Å². The Balaban J connectivity index is 1.50. The van der Waals surface area contributed by atoms with Crippen molar-refractivity contribution < 1.29 is 32.2 Å². The highest BCUT2D eigenvalue weighted by molar-refractivity contribution is 7.13. The van der Waals surface area contributed by atoms with Gasteiger partial charge in [-0.1, -0.05) is 0 Å². The number of carboxylic acid groups (broad SMARTS) is 1. The lowest BCUT2D eigenvalue weighted by molar-refractivity contribution is -0.153. The Morgan fingerprint density at radius 3 is 2.65 bits per heavy atom. The van der Waals surface area contributed by atoms with Crippen LogP contribution < -0.4 is 9.64 Å². The van der Waals surface area contributed by atoms with Gasteiger partial charge in [-0.05, 0) is 18.9 Å². The summed E-state index contributed by atoms with van der Waals surface area (Å²) in [7, 11) is 0. The lowest BCUT2D eigenvalue weighted by Crippen LogP contribution is -2.55. The third kappa shape index (κ3) is 3.75. The summed E-state index contributed by atoms with van der Waals surface area (Å²) < 4.78 is 48.8. The number of piperazine rings is 1. The molecule has 1 aromatic carbocycles. The number of hydrogen-bond donors (Lipinski definition) is 1. The first-order chi connectivity index (χ1) is 14.8. The molecule has 4 heterocycles. The number of oxazole rings is 1. The fourth-order valence-corrected chi connectivity index (χ4v) is 4.92. The average molecular weight is 454 g/mol. The summed E-state index contributed by atoms with van der Waals surface area (Å²) in [5, 5.41) is 11.8. The van der Waals surface area contributed by atoms with E-state index in [1.165, 1.54) is 28.4 Å². The normalized spacial score (nSPS) is 21.1. The van der Waals surface area contributed by atoms with E-state index in [1.54, 1.807) is 11.6 Å². The van der Waals surface area contributed by atoms with Crippen LogP contribution in [0.4, 0.5) is 24.0 Å². The summed E-state index contributed by atoms with van der Waals surface area (Å²) >= 11 is 1.32. The van der Waals surface area contributed by atoms with Crippen LogP contribution in [0.3, 0.4) is 0 Å². The molecule has 2 fully saturated rings. The highest BCUT2D eigenvalue weighted by Gasteiger charge is 2.43. The summed E-state index contributed by atoms with van der Waals surface area (Å²) in [6.45, 7) is -0.527.